The zero-order valence-corrected chi connectivity index (χ0v) is 17.6. The highest BCUT2D eigenvalue weighted by Gasteiger charge is 2.27. The van der Waals surface area contributed by atoms with E-state index in [2.05, 4.69) is 10.2 Å². The summed E-state index contributed by atoms with van der Waals surface area (Å²) < 4.78 is 11.3. The average molecular weight is 412 g/mol. The lowest BCUT2D eigenvalue weighted by Crippen LogP contribution is -2.43. The van der Waals surface area contributed by atoms with Gasteiger partial charge in [0.25, 0.3) is 5.91 Å². The third-order valence-electron chi connectivity index (χ3n) is 5.87. The van der Waals surface area contributed by atoms with Crippen LogP contribution in [0.3, 0.4) is 0 Å². The number of hydrogen-bond acceptors (Lipinski definition) is 5. The molecule has 0 aliphatic carbocycles. The number of benzene rings is 1. The molecule has 7 nitrogen and oxygen atoms in total. The maximum atomic E-state index is 12.9. The number of anilines is 1. The zero-order valence-electron chi connectivity index (χ0n) is 17.6. The Bertz CT molecular complexity index is 917. The van der Waals surface area contributed by atoms with Gasteiger partial charge in [-0.05, 0) is 49.2 Å². The number of furan rings is 1. The van der Waals surface area contributed by atoms with E-state index < -0.39 is 0 Å². The van der Waals surface area contributed by atoms with Crippen LogP contribution in [0.1, 0.15) is 46.8 Å². The Hall–Kier alpha value is -2.64. The van der Waals surface area contributed by atoms with E-state index in [0.717, 1.165) is 42.3 Å². The Morgan fingerprint density at radius 2 is 1.93 bits per heavy atom. The topological polar surface area (TPSA) is 75.0 Å². The van der Waals surface area contributed by atoms with Gasteiger partial charge in [-0.1, -0.05) is 6.92 Å². The first-order valence-electron chi connectivity index (χ1n) is 10.7. The molecule has 30 heavy (non-hydrogen) atoms. The summed E-state index contributed by atoms with van der Waals surface area (Å²) in [6.45, 7) is 7.92. The number of fused-ring (bicyclic) bond motifs is 1. The molecule has 1 fully saturated rings. The molecular weight excluding hydrogens is 382 g/mol. The smallest absolute Gasteiger partial charge is 0.251 e. The number of amides is 2. The summed E-state index contributed by atoms with van der Waals surface area (Å²) in [4.78, 5) is 29.1. The van der Waals surface area contributed by atoms with Crippen molar-refractivity contribution in [2.24, 2.45) is 0 Å². The van der Waals surface area contributed by atoms with Gasteiger partial charge in [-0.15, -0.1) is 0 Å². The van der Waals surface area contributed by atoms with Crippen molar-refractivity contribution < 1.29 is 18.7 Å². The molecule has 0 bridgehead atoms. The van der Waals surface area contributed by atoms with Gasteiger partial charge in [0.2, 0.25) is 5.91 Å². The van der Waals surface area contributed by atoms with Gasteiger partial charge in [0.1, 0.15) is 11.5 Å². The number of aryl methyl sites for hydroxylation is 1. The van der Waals surface area contributed by atoms with Gasteiger partial charge in [-0.25, -0.2) is 0 Å². The lowest BCUT2D eigenvalue weighted by molar-refractivity contribution is -0.118. The van der Waals surface area contributed by atoms with E-state index in [1.54, 1.807) is 6.07 Å². The summed E-state index contributed by atoms with van der Waals surface area (Å²) in [5, 5.41) is 3.08. The fraction of sp³-hybridized carbons (Fsp3) is 0.478. The van der Waals surface area contributed by atoms with Crippen LogP contribution < -0.4 is 10.2 Å². The lowest BCUT2D eigenvalue weighted by atomic mass is 10.1. The second-order valence-electron chi connectivity index (χ2n) is 7.82. The van der Waals surface area contributed by atoms with Crippen molar-refractivity contribution in [3.05, 3.63) is 53.0 Å². The van der Waals surface area contributed by atoms with Crippen molar-refractivity contribution in [3.8, 4) is 0 Å². The minimum atomic E-state index is -0.111. The van der Waals surface area contributed by atoms with Crippen LogP contribution in [0.25, 0.3) is 0 Å². The van der Waals surface area contributed by atoms with Crippen LogP contribution in [0.2, 0.25) is 0 Å². The van der Waals surface area contributed by atoms with Gasteiger partial charge in [0, 0.05) is 43.9 Å². The number of carbonyl (C=O) groups is 2. The molecule has 1 aromatic carbocycles. The van der Waals surface area contributed by atoms with Crippen molar-refractivity contribution >= 4 is 17.5 Å². The van der Waals surface area contributed by atoms with Crippen LogP contribution in [0, 0.1) is 6.92 Å². The van der Waals surface area contributed by atoms with Crippen molar-refractivity contribution in [3.63, 3.8) is 0 Å². The molecule has 1 saturated heterocycles. The third-order valence-corrected chi connectivity index (χ3v) is 5.87. The van der Waals surface area contributed by atoms with Crippen molar-refractivity contribution in [1.29, 1.82) is 0 Å². The summed E-state index contributed by atoms with van der Waals surface area (Å²) in [6.07, 6.45) is 1.27. The number of rotatable bonds is 6. The maximum Gasteiger partial charge on any atom is 0.251 e. The maximum absolute atomic E-state index is 12.9. The van der Waals surface area contributed by atoms with E-state index >= 15 is 0 Å². The van der Waals surface area contributed by atoms with Crippen LogP contribution in [-0.2, 0) is 16.0 Å². The normalized spacial score (nSPS) is 17.6. The van der Waals surface area contributed by atoms with E-state index in [-0.39, 0.29) is 17.9 Å². The number of nitrogens with one attached hydrogen (secondary N) is 1. The number of ether oxygens (including phenoxy) is 1. The molecule has 2 aromatic rings. The van der Waals surface area contributed by atoms with E-state index in [4.69, 9.17) is 9.15 Å². The van der Waals surface area contributed by atoms with E-state index in [9.17, 15) is 9.59 Å². The molecule has 0 radical (unpaired) electrons. The molecule has 2 aliphatic heterocycles. The number of carbonyl (C=O) groups excluding carboxylic acids is 2. The van der Waals surface area contributed by atoms with Gasteiger partial charge in [-0.3, -0.25) is 14.5 Å². The molecule has 1 atom stereocenters. The zero-order chi connectivity index (χ0) is 21.1. The predicted molar refractivity (Wildman–Crippen MR) is 114 cm³/mol. The Morgan fingerprint density at radius 3 is 2.63 bits per heavy atom. The van der Waals surface area contributed by atoms with Crippen molar-refractivity contribution in [2.45, 2.75) is 32.7 Å². The molecule has 0 saturated carbocycles. The Balaban J connectivity index is 1.45. The molecule has 2 aliphatic rings. The summed E-state index contributed by atoms with van der Waals surface area (Å²) in [7, 11) is 0. The van der Waals surface area contributed by atoms with Gasteiger partial charge < -0.3 is 19.4 Å². The van der Waals surface area contributed by atoms with Crippen LogP contribution in [-0.4, -0.2) is 56.1 Å². The number of nitrogens with zero attached hydrogens (tertiary/aromatic N) is 2. The average Bonchev–Trinajstić information content (AvgIpc) is 3.39. The fourth-order valence-electron chi connectivity index (χ4n) is 4.22. The van der Waals surface area contributed by atoms with Crippen molar-refractivity contribution in [2.75, 3.05) is 44.3 Å². The largest absolute Gasteiger partial charge is 0.465 e. The molecule has 1 N–H and O–H groups in total. The molecule has 3 heterocycles. The van der Waals surface area contributed by atoms with Crippen LogP contribution in [0.4, 0.5) is 5.69 Å². The highest BCUT2D eigenvalue weighted by Crippen LogP contribution is 2.29. The van der Waals surface area contributed by atoms with Crippen molar-refractivity contribution in [1.82, 2.24) is 10.2 Å². The fourth-order valence-corrected chi connectivity index (χ4v) is 4.22. The molecular formula is C23H29N3O4. The highest BCUT2D eigenvalue weighted by atomic mass is 16.5. The first-order chi connectivity index (χ1) is 14.6. The SMILES string of the molecule is CCC(=O)N1CCc2cc(C(=O)NCC(c3ccc(C)o3)N3CCOCC3)ccc21. The minimum Gasteiger partial charge on any atom is -0.465 e. The summed E-state index contributed by atoms with van der Waals surface area (Å²) in [5.74, 6) is 1.73. The first-order valence-corrected chi connectivity index (χ1v) is 10.7. The predicted octanol–water partition coefficient (Wildman–Crippen LogP) is 2.69. The molecule has 4 rings (SSSR count). The lowest BCUT2D eigenvalue weighted by Gasteiger charge is -2.33. The Kier molecular flexibility index (Phi) is 6.20. The van der Waals surface area contributed by atoms with Gasteiger partial charge in [0.15, 0.2) is 0 Å². The van der Waals surface area contributed by atoms with Gasteiger partial charge in [0.05, 0.1) is 19.3 Å². The quantitative estimate of drug-likeness (QED) is 0.791. The van der Waals surface area contributed by atoms with E-state index in [1.807, 2.05) is 43.0 Å². The summed E-state index contributed by atoms with van der Waals surface area (Å²) >= 11 is 0. The Morgan fingerprint density at radius 1 is 1.13 bits per heavy atom. The molecule has 1 aromatic heterocycles. The molecule has 7 heteroatoms. The number of morpholine rings is 1. The third kappa shape index (κ3) is 4.27. The molecule has 2 amide bonds. The van der Waals surface area contributed by atoms with Crippen LogP contribution >= 0.6 is 0 Å². The second kappa shape index (κ2) is 9.02. The first kappa shape index (κ1) is 20.6. The van der Waals surface area contributed by atoms with Gasteiger partial charge in [-0.2, -0.15) is 0 Å². The summed E-state index contributed by atoms with van der Waals surface area (Å²) in [5.41, 5.74) is 2.60. The highest BCUT2D eigenvalue weighted by molar-refractivity contribution is 5.98. The second-order valence-corrected chi connectivity index (χ2v) is 7.82. The van der Waals surface area contributed by atoms with E-state index in [0.29, 0.717) is 38.3 Å². The minimum absolute atomic E-state index is 0.0290. The van der Waals surface area contributed by atoms with Crippen LogP contribution in [0.5, 0.6) is 0 Å². The molecule has 0 spiro atoms. The monoisotopic (exact) mass is 411 g/mol. The van der Waals surface area contributed by atoms with Gasteiger partial charge >= 0.3 is 0 Å². The number of hydrogen-bond donors (Lipinski definition) is 1. The molecule has 160 valence electrons. The Labute approximate surface area is 177 Å². The molecule has 1 unspecified atom stereocenters. The van der Waals surface area contributed by atoms with E-state index in [1.165, 1.54) is 0 Å². The van der Waals surface area contributed by atoms with Crippen LogP contribution in [0.15, 0.2) is 34.7 Å². The summed E-state index contributed by atoms with van der Waals surface area (Å²) in [6, 6.07) is 9.51. The standard InChI is InChI=1S/C23H29N3O4/c1-3-22(27)26-9-8-17-14-18(5-6-19(17)26)23(28)24-15-20(21-7-4-16(2)30-21)25-10-12-29-13-11-25/h4-7,14,20H,3,8-13,15H2,1-2H3,(H,24,28).